The Morgan fingerprint density at radius 2 is 1.87 bits per heavy atom. The predicted octanol–water partition coefficient (Wildman–Crippen LogP) is 4.23. The lowest BCUT2D eigenvalue weighted by Crippen LogP contribution is -2.18. The number of benzene rings is 2. The van der Waals surface area contributed by atoms with Gasteiger partial charge in [0.05, 0.1) is 24.3 Å². The largest absolute Gasteiger partial charge is 0.416 e. The second-order valence-corrected chi connectivity index (χ2v) is 8.24. The molecule has 2 aromatic carbocycles. The van der Waals surface area contributed by atoms with Crippen molar-refractivity contribution in [1.82, 2.24) is 19.5 Å². The van der Waals surface area contributed by atoms with Gasteiger partial charge in [0.2, 0.25) is 0 Å². The van der Waals surface area contributed by atoms with E-state index < -0.39 is 17.6 Å². The summed E-state index contributed by atoms with van der Waals surface area (Å²) in [5, 5.41) is 5.06. The molecule has 2 amide bonds. The van der Waals surface area contributed by atoms with Crippen LogP contribution in [0.4, 0.5) is 24.7 Å². The second-order valence-electron chi connectivity index (χ2n) is 8.24. The first-order valence-electron chi connectivity index (χ1n) is 11.4. The molecule has 0 radical (unpaired) electrons. The van der Waals surface area contributed by atoms with Crippen LogP contribution in [0.5, 0.6) is 0 Å². The first kappa shape index (κ1) is 27.0. The molecule has 0 atom stereocenters. The van der Waals surface area contributed by atoms with E-state index in [0.29, 0.717) is 11.3 Å². The van der Waals surface area contributed by atoms with E-state index in [0.717, 1.165) is 17.7 Å². The highest BCUT2D eigenvalue weighted by Gasteiger charge is 2.31. The molecule has 39 heavy (non-hydrogen) atoms. The number of hydrogen-bond acceptors (Lipinski definition) is 6. The van der Waals surface area contributed by atoms with Gasteiger partial charge in [-0.25, -0.2) is 15.0 Å². The van der Waals surface area contributed by atoms with Crippen molar-refractivity contribution in [2.45, 2.75) is 13.1 Å². The van der Waals surface area contributed by atoms with Crippen molar-refractivity contribution in [2.24, 2.45) is 0 Å². The molecule has 4 aromatic rings. The Kier molecular flexibility index (Phi) is 8.02. The topological polar surface area (TPSA) is 111 Å². The van der Waals surface area contributed by atoms with Crippen molar-refractivity contribution in [1.29, 1.82) is 0 Å². The summed E-state index contributed by atoms with van der Waals surface area (Å²) in [6.07, 6.45) is 2.42. The van der Waals surface area contributed by atoms with Gasteiger partial charge >= 0.3 is 6.18 Å². The molecule has 2 heterocycles. The summed E-state index contributed by atoms with van der Waals surface area (Å²) in [6, 6.07) is 8.03. The van der Waals surface area contributed by atoms with Crippen molar-refractivity contribution >= 4 is 23.3 Å². The number of methoxy groups -OCH3 is 1. The van der Waals surface area contributed by atoms with E-state index in [1.54, 1.807) is 19.1 Å². The number of nitrogens with zero attached hydrogens (tertiary/aromatic N) is 4. The fourth-order valence-corrected chi connectivity index (χ4v) is 3.41. The van der Waals surface area contributed by atoms with Crippen molar-refractivity contribution in [2.75, 3.05) is 24.4 Å². The first-order chi connectivity index (χ1) is 18.6. The van der Waals surface area contributed by atoms with E-state index >= 15 is 0 Å². The van der Waals surface area contributed by atoms with Crippen LogP contribution >= 0.6 is 0 Å². The summed E-state index contributed by atoms with van der Waals surface area (Å²) in [5.74, 6) is 5.03. The van der Waals surface area contributed by atoms with Gasteiger partial charge in [0.1, 0.15) is 12.3 Å². The zero-order valence-electron chi connectivity index (χ0n) is 20.7. The van der Waals surface area contributed by atoms with E-state index in [2.05, 4.69) is 37.4 Å². The van der Waals surface area contributed by atoms with Gasteiger partial charge in [-0.2, -0.15) is 13.2 Å². The van der Waals surface area contributed by atoms with Crippen molar-refractivity contribution in [3.63, 3.8) is 0 Å². The molecule has 4 rings (SSSR count). The SMILES string of the molecule is COCC(=O)Nc1cnc(C#Cc2cc(C(=O)Nc3cc(-n4ccnc4)cc(C(F)(F)F)c3)ccc2C)cn1. The van der Waals surface area contributed by atoms with Gasteiger partial charge in [-0.1, -0.05) is 12.0 Å². The average molecular weight is 534 g/mol. The molecule has 0 saturated carbocycles. The molecule has 198 valence electrons. The highest BCUT2D eigenvalue weighted by Crippen LogP contribution is 2.33. The van der Waals surface area contributed by atoms with Crippen LogP contribution in [0.3, 0.4) is 0 Å². The maximum absolute atomic E-state index is 13.5. The van der Waals surface area contributed by atoms with Gasteiger partial charge in [0, 0.05) is 42.0 Å². The Morgan fingerprint density at radius 1 is 1.05 bits per heavy atom. The van der Waals surface area contributed by atoms with Gasteiger partial charge in [-0.15, -0.1) is 0 Å². The zero-order valence-corrected chi connectivity index (χ0v) is 20.7. The van der Waals surface area contributed by atoms with Crippen LogP contribution in [-0.4, -0.2) is 45.1 Å². The normalized spacial score (nSPS) is 10.9. The predicted molar refractivity (Wildman–Crippen MR) is 136 cm³/mol. The molecule has 0 unspecified atom stereocenters. The lowest BCUT2D eigenvalue weighted by atomic mass is 10.0. The zero-order chi connectivity index (χ0) is 28.0. The highest BCUT2D eigenvalue weighted by atomic mass is 19.4. The molecule has 2 N–H and O–H groups in total. The number of aryl methyl sites for hydroxylation is 1. The van der Waals surface area contributed by atoms with E-state index in [-0.39, 0.29) is 35.3 Å². The number of aromatic nitrogens is 4. The third kappa shape index (κ3) is 7.06. The summed E-state index contributed by atoms with van der Waals surface area (Å²) in [6.45, 7) is 1.68. The molecule has 0 spiro atoms. The Morgan fingerprint density at radius 3 is 2.54 bits per heavy atom. The summed E-state index contributed by atoms with van der Waals surface area (Å²) < 4.78 is 46.6. The molecule has 0 fully saturated rings. The van der Waals surface area contributed by atoms with Gasteiger partial charge in [-0.3, -0.25) is 9.59 Å². The fourth-order valence-electron chi connectivity index (χ4n) is 3.41. The number of ether oxygens (including phenoxy) is 1. The number of carbonyl (C=O) groups excluding carboxylic acids is 2. The van der Waals surface area contributed by atoms with Gasteiger partial charge in [0.15, 0.2) is 5.82 Å². The fraction of sp³-hybridized carbons (Fsp3) is 0.148. The Hall–Kier alpha value is -5.02. The summed E-state index contributed by atoms with van der Waals surface area (Å²) in [7, 11) is 1.40. The average Bonchev–Trinajstić information content (AvgIpc) is 3.44. The molecular formula is C27H21F3N6O3. The third-order valence-corrected chi connectivity index (χ3v) is 5.33. The monoisotopic (exact) mass is 534 g/mol. The van der Waals surface area contributed by atoms with Crippen LogP contribution in [0.25, 0.3) is 5.69 Å². The Bertz CT molecular complexity index is 1560. The van der Waals surface area contributed by atoms with E-state index in [1.807, 2.05) is 0 Å². The number of imidazole rings is 1. The second kappa shape index (κ2) is 11.6. The number of halogens is 3. The minimum atomic E-state index is -4.61. The van der Waals surface area contributed by atoms with Crippen molar-refractivity contribution < 1.29 is 27.5 Å². The quantitative estimate of drug-likeness (QED) is 0.359. The number of hydrogen-bond donors (Lipinski definition) is 2. The highest BCUT2D eigenvalue weighted by molar-refractivity contribution is 6.04. The van der Waals surface area contributed by atoms with Gasteiger partial charge < -0.3 is 19.9 Å². The van der Waals surface area contributed by atoms with Crippen LogP contribution in [0.15, 0.2) is 67.5 Å². The number of rotatable bonds is 6. The van der Waals surface area contributed by atoms with Crippen LogP contribution in [-0.2, 0) is 15.7 Å². The summed E-state index contributed by atoms with van der Waals surface area (Å²) in [4.78, 5) is 36.6. The number of nitrogens with one attached hydrogen (secondary N) is 2. The number of alkyl halides is 3. The van der Waals surface area contributed by atoms with Crippen LogP contribution in [0.1, 0.15) is 32.7 Å². The van der Waals surface area contributed by atoms with Crippen LogP contribution in [0.2, 0.25) is 0 Å². The molecule has 0 saturated heterocycles. The maximum atomic E-state index is 13.5. The molecule has 0 aliphatic carbocycles. The Balaban J connectivity index is 1.54. The molecule has 0 bridgehead atoms. The Labute approximate surface area is 221 Å². The summed E-state index contributed by atoms with van der Waals surface area (Å²) in [5.41, 5.74) is 1.07. The number of anilines is 2. The lowest BCUT2D eigenvalue weighted by molar-refractivity contribution is -0.137. The van der Waals surface area contributed by atoms with E-state index in [9.17, 15) is 22.8 Å². The molecule has 2 aromatic heterocycles. The number of carbonyl (C=O) groups is 2. The van der Waals surface area contributed by atoms with Crippen molar-refractivity contribution in [3.05, 3.63) is 95.5 Å². The first-order valence-corrected chi connectivity index (χ1v) is 11.4. The standard InChI is InChI=1S/C27H21F3N6O3/c1-17-3-4-19(9-18(17)5-6-21-13-33-24(14-32-21)35-25(37)15-39-2)26(38)34-22-10-20(27(28,29)30)11-23(12-22)36-8-7-31-16-36/h3-4,7-14,16H,15H2,1-2H3,(H,34,38)(H,33,35,37). The van der Waals surface area contributed by atoms with Gasteiger partial charge in [-0.05, 0) is 48.7 Å². The minimum Gasteiger partial charge on any atom is -0.375 e. The molecule has 0 aliphatic rings. The molecule has 12 heteroatoms. The molecule has 9 nitrogen and oxygen atoms in total. The minimum absolute atomic E-state index is 0.0281. The third-order valence-electron chi connectivity index (χ3n) is 5.33. The van der Waals surface area contributed by atoms with E-state index in [1.165, 1.54) is 54.9 Å². The van der Waals surface area contributed by atoms with E-state index in [4.69, 9.17) is 4.74 Å². The van der Waals surface area contributed by atoms with Crippen molar-refractivity contribution in [3.8, 4) is 17.5 Å². The summed E-state index contributed by atoms with van der Waals surface area (Å²) >= 11 is 0. The molecule has 0 aliphatic heterocycles. The maximum Gasteiger partial charge on any atom is 0.416 e. The van der Waals surface area contributed by atoms with Gasteiger partial charge in [0.25, 0.3) is 11.8 Å². The van der Waals surface area contributed by atoms with Crippen LogP contribution in [0, 0.1) is 18.8 Å². The van der Waals surface area contributed by atoms with Crippen LogP contribution < -0.4 is 10.6 Å². The lowest BCUT2D eigenvalue weighted by Gasteiger charge is -2.14. The molecular weight excluding hydrogens is 513 g/mol. The number of amides is 2. The smallest absolute Gasteiger partial charge is 0.375 e.